The average molecular weight is 616 g/mol. The second-order valence-electron chi connectivity index (χ2n) is 13.6. The molecule has 0 aromatic carbocycles. The summed E-state index contributed by atoms with van der Waals surface area (Å²) in [6.45, 7) is 13.6. The molecule has 2 aliphatic heterocycles. The molecule has 2 heterocycles. The zero-order valence-corrected chi connectivity index (χ0v) is 28.0. The molecule has 0 saturated carbocycles. The first-order chi connectivity index (χ1) is 19.9. The zero-order valence-electron chi connectivity index (χ0n) is 28.0. The lowest BCUT2D eigenvalue weighted by Gasteiger charge is -2.48. The summed E-state index contributed by atoms with van der Waals surface area (Å²) in [4.78, 5) is 41.0. The molecule has 43 heavy (non-hydrogen) atoms. The predicted octanol–water partition coefficient (Wildman–Crippen LogP) is 2.36. The number of ketones is 1. The number of aldehydes is 1. The molecule has 0 amide bonds. The second-order valence-corrected chi connectivity index (χ2v) is 13.6. The molecule has 11 heteroatoms. The van der Waals surface area contributed by atoms with E-state index in [1.165, 1.54) is 14.0 Å². The van der Waals surface area contributed by atoms with Crippen molar-refractivity contribution >= 4 is 18.0 Å². The van der Waals surface area contributed by atoms with E-state index in [-0.39, 0.29) is 37.2 Å². The van der Waals surface area contributed by atoms with Gasteiger partial charge in [0.25, 0.3) is 0 Å². The molecule has 2 fully saturated rings. The molecule has 1 unspecified atom stereocenters. The first-order valence-corrected chi connectivity index (χ1v) is 15.7. The van der Waals surface area contributed by atoms with Crippen LogP contribution < -0.4 is 0 Å². The number of carbonyl (C=O) groups is 3. The van der Waals surface area contributed by atoms with Crippen molar-refractivity contribution in [2.45, 2.75) is 135 Å². The van der Waals surface area contributed by atoms with Gasteiger partial charge in [-0.1, -0.05) is 27.7 Å². The van der Waals surface area contributed by atoms with Gasteiger partial charge in [-0.05, 0) is 61.1 Å². The lowest BCUT2D eigenvalue weighted by Crippen LogP contribution is -2.60. The van der Waals surface area contributed by atoms with Gasteiger partial charge in [-0.2, -0.15) is 0 Å². The van der Waals surface area contributed by atoms with Gasteiger partial charge in [0, 0.05) is 43.2 Å². The molecule has 0 aliphatic carbocycles. The Labute approximate surface area is 257 Å². The third kappa shape index (κ3) is 8.23. The van der Waals surface area contributed by atoms with Crippen molar-refractivity contribution in [2.75, 3.05) is 21.2 Å². The molecule has 250 valence electrons. The van der Waals surface area contributed by atoms with E-state index < -0.39 is 77.5 Å². The Bertz CT molecular complexity index is 943. The largest absolute Gasteiger partial charge is 0.459 e. The van der Waals surface area contributed by atoms with E-state index in [0.717, 1.165) is 0 Å². The van der Waals surface area contributed by atoms with E-state index in [4.69, 9.17) is 18.9 Å². The van der Waals surface area contributed by atoms with Gasteiger partial charge in [0.2, 0.25) is 0 Å². The van der Waals surface area contributed by atoms with Crippen molar-refractivity contribution in [2.24, 2.45) is 29.6 Å². The molecule has 14 atom stereocenters. The van der Waals surface area contributed by atoms with E-state index in [9.17, 15) is 29.7 Å². The van der Waals surface area contributed by atoms with Crippen LogP contribution in [-0.4, -0.2) is 114 Å². The maximum atomic E-state index is 13.9. The minimum Gasteiger partial charge on any atom is -0.459 e. The number of methoxy groups -OCH3 is 1. The van der Waals surface area contributed by atoms with Crippen LogP contribution in [0.3, 0.4) is 0 Å². The van der Waals surface area contributed by atoms with E-state index in [2.05, 4.69) is 0 Å². The molecule has 0 radical (unpaired) electrons. The molecular weight excluding hydrogens is 558 g/mol. The van der Waals surface area contributed by atoms with Crippen LogP contribution in [-0.2, 0) is 33.3 Å². The Morgan fingerprint density at radius 3 is 2.16 bits per heavy atom. The lowest BCUT2D eigenvalue weighted by atomic mass is 9.69. The van der Waals surface area contributed by atoms with Gasteiger partial charge < -0.3 is 44.0 Å². The highest BCUT2D eigenvalue weighted by atomic mass is 16.7. The summed E-state index contributed by atoms with van der Waals surface area (Å²) >= 11 is 0. The number of likely N-dealkylation sites (N-methyl/N-ethyl adjacent to an activating group) is 1. The van der Waals surface area contributed by atoms with Gasteiger partial charge in [-0.3, -0.25) is 9.59 Å². The number of hydrogen-bond donors (Lipinski definition) is 3. The van der Waals surface area contributed by atoms with Crippen molar-refractivity contribution in [3.63, 3.8) is 0 Å². The van der Waals surface area contributed by atoms with E-state index in [0.29, 0.717) is 12.7 Å². The quantitative estimate of drug-likeness (QED) is 0.286. The molecule has 11 nitrogen and oxygen atoms in total. The highest BCUT2D eigenvalue weighted by Crippen LogP contribution is 2.41. The number of hydrogen-bond acceptors (Lipinski definition) is 11. The van der Waals surface area contributed by atoms with E-state index >= 15 is 0 Å². The van der Waals surface area contributed by atoms with Crippen LogP contribution in [0.5, 0.6) is 0 Å². The van der Waals surface area contributed by atoms with Crippen LogP contribution in [0.2, 0.25) is 0 Å². The molecule has 0 aromatic rings. The molecule has 0 aromatic heterocycles. The number of carbonyl (C=O) groups excluding carboxylic acids is 3. The Hall–Kier alpha value is -1.47. The van der Waals surface area contributed by atoms with Crippen molar-refractivity contribution in [1.82, 2.24) is 4.90 Å². The van der Waals surface area contributed by atoms with Crippen LogP contribution in [0, 0.1) is 29.6 Å². The minimum absolute atomic E-state index is 0.106. The third-order valence-electron chi connectivity index (χ3n) is 10.2. The first-order valence-electron chi connectivity index (χ1n) is 15.7. The molecule has 3 N–H and O–H groups in total. The number of aliphatic hydroxyl groups is 3. The average Bonchev–Trinajstić information content (AvgIpc) is 2.95. The Morgan fingerprint density at radius 2 is 1.65 bits per heavy atom. The number of Topliss-reactive ketones (excluding diaryl/α,β-unsaturated/α-hetero) is 1. The fourth-order valence-corrected chi connectivity index (χ4v) is 7.22. The topological polar surface area (TPSA) is 152 Å². The van der Waals surface area contributed by atoms with Gasteiger partial charge in [0.15, 0.2) is 6.29 Å². The molecule has 2 aliphatic rings. The fourth-order valence-electron chi connectivity index (χ4n) is 7.22. The fraction of sp³-hybridized carbons (Fsp3) is 0.906. The number of nitrogens with zero attached hydrogens (tertiary/aromatic N) is 1. The standard InChI is InChI=1S/C32H57NO10/c1-12-24-32(8,39)22(13-14-34)19(4)25(35)17(2)16-31(7,40-11)28(20(5)26(36)21(6)29(38)42-24)43-30-27(37)23(33(9)10)15-18(3)41-30/h14,17-24,26-28,30,36-37,39H,12-13,15-16H2,1-11H3/t17-,18-,19?,20+,21-,22-,23+,24-,26+,27-,28-,30+,31-,32+/m1/s1. The summed E-state index contributed by atoms with van der Waals surface area (Å²) in [5.41, 5.74) is -2.88. The van der Waals surface area contributed by atoms with Crippen LogP contribution >= 0.6 is 0 Å². The minimum atomic E-state index is -1.69. The van der Waals surface area contributed by atoms with Crippen molar-refractivity contribution in [1.29, 1.82) is 0 Å². The summed E-state index contributed by atoms with van der Waals surface area (Å²) in [5.74, 6) is -4.87. The Balaban J connectivity index is 2.65. The van der Waals surface area contributed by atoms with Gasteiger partial charge in [0.1, 0.15) is 29.9 Å². The second kappa shape index (κ2) is 15.2. The van der Waals surface area contributed by atoms with Crippen molar-refractivity contribution in [3.8, 4) is 0 Å². The van der Waals surface area contributed by atoms with Crippen molar-refractivity contribution in [3.05, 3.63) is 0 Å². The summed E-state index contributed by atoms with van der Waals surface area (Å²) in [6.07, 6.45) is -3.98. The van der Waals surface area contributed by atoms with Gasteiger partial charge in [-0.15, -0.1) is 0 Å². The number of esters is 1. The van der Waals surface area contributed by atoms with Crippen LogP contribution in [0.4, 0.5) is 0 Å². The van der Waals surface area contributed by atoms with Gasteiger partial charge in [-0.25, -0.2) is 0 Å². The normalized spacial score (nSPS) is 45.8. The number of rotatable bonds is 7. The van der Waals surface area contributed by atoms with Crippen molar-refractivity contribution < 1.29 is 48.7 Å². The predicted molar refractivity (Wildman–Crippen MR) is 160 cm³/mol. The SMILES string of the molecule is CC[C@H]1OC(=O)[C@H](C)[C@@H](O)[C@H](C)[C@@H](O[C@@H]2O[C@H](C)C[C@H](N(C)C)[C@H]2O)[C@](C)(OC)C[C@@H](C)C(=O)C(C)[C@@H](CC=O)[C@]1(C)O. The maximum absolute atomic E-state index is 13.9. The molecule has 0 bridgehead atoms. The Kier molecular flexibility index (Phi) is 13.3. The first kappa shape index (κ1) is 37.7. The van der Waals surface area contributed by atoms with E-state index in [1.54, 1.807) is 41.5 Å². The number of aliphatic hydroxyl groups excluding tert-OH is 2. The summed E-state index contributed by atoms with van der Waals surface area (Å²) in [7, 11) is 5.24. The maximum Gasteiger partial charge on any atom is 0.311 e. The monoisotopic (exact) mass is 615 g/mol. The summed E-state index contributed by atoms with van der Waals surface area (Å²) in [5, 5.41) is 34.5. The molecular formula is C32H57NO10. The summed E-state index contributed by atoms with van der Waals surface area (Å²) in [6, 6.07) is -0.245. The van der Waals surface area contributed by atoms with E-state index in [1.807, 2.05) is 25.9 Å². The van der Waals surface area contributed by atoms with Gasteiger partial charge >= 0.3 is 5.97 Å². The number of cyclic esters (lactones) is 1. The number of ether oxygens (including phenoxy) is 4. The third-order valence-corrected chi connectivity index (χ3v) is 10.2. The highest BCUT2D eigenvalue weighted by molar-refractivity contribution is 5.83. The van der Waals surface area contributed by atoms with Crippen LogP contribution in [0.15, 0.2) is 0 Å². The summed E-state index contributed by atoms with van der Waals surface area (Å²) < 4.78 is 24.5. The Morgan fingerprint density at radius 1 is 1.05 bits per heavy atom. The van der Waals surface area contributed by atoms with Crippen LogP contribution in [0.1, 0.15) is 81.1 Å². The highest BCUT2D eigenvalue weighted by Gasteiger charge is 2.52. The molecule has 0 spiro atoms. The lowest BCUT2D eigenvalue weighted by molar-refractivity contribution is -0.301. The van der Waals surface area contributed by atoms with Crippen LogP contribution in [0.25, 0.3) is 0 Å². The molecule has 2 saturated heterocycles. The molecule has 2 rings (SSSR count). The van der Waals surface area contributed by atoms with Gasteiger partial charge in [0.05, 0.1) is 29.8 Å². The zero-order chi connectivity index (χ0) is 33.0. The smallest absolute Gasteiger partial charge is 0.311 e.